The Balaban J connectivity index is 2.23. The van der Waals surface area contributed by atoms with Gasteiger partial charge in [-0.05, 0) is 58.7 Å². The average molecular weight is 323 g/mol. The highest BCUT2D eigenvalue weighted by molar-refractivity contribution is 9.10. The maximum atomic E-state index is 13.0. The fourth-order valence-corrected chi connectivity index (χ4v) is 2.19. The summed E-state index contributed by atoms with van der Waals surface area (Å²) in [5.74, 6) is -0.871. The normalized spacial score (nSPS) is 10.3. The number of rotatable bonds is 2. The molecule has 1 amide bonds. The van der Waals surface area contributed by atoms with Crippen molar-refractivity contribution in [3.8, 4) is 0 Å². The lowest BCUT2D eigenvalue weighted by Gasteiger charge is -2.08. The first-order valence-electron chi connectivity index (χ1n) is 5.60. The van der Waals surface area contributed by atoms with Gasteiger partial charge in [-0.1, -0.05) is 6.07 Å². The molecule has 2 rings (SSSR count). The first-order chi connectivity index (χ1) is 8.97. The summed E-state index contributed by atoms with van der Waals surface area (Å²) in [5, 5.41) is 2.74. The van der Waals surface area contributed by atoms with Crippen molar-refractivity contribution in [2.45, 2.75) is 6.92 Å². The minimum atomic E-state index is -0.534. The van der Waals surface area contributed by atoms with E-state index in [1.165, 1.54) is 18.2 Å². The Morgan fingerprint density at radius 2 is 2.00 bits per heavy atom. The van der Waals surface area contributed by atoms with Crippen LogP contribution >= 0.6 is 15.9 Å². The maximum absolute atomic E-state index is 13.0. The minimum Gasteiger partial charge on any atom is -0.396 e. The van der Waals surface area contributed by atoms with E-state index < -0.39 is 5.82 Å². The van der Waals surface area contributed by atoms with Gasteiger partial charge >= 0.3 is 0 Å². The largest absolute Gasteiger partial charge is 0.396 e. The summed E-state index contributed by atoms with van der Waals surface area (Å²) < 4.78 is 13.8. The zero-order valence-electron chi connectivity index (χ0n) is 10.2. The maximum Gasteiger partial charge on any atom is 0.255 e. The van der Waals surface area contributed by atoms with Crippen molar-refractivity contribution >= 4 is 33.2 Å². The lowest BCUT2D eigenvalue weighted by Crippen LogP contribution is -2.13. The number of anilines is 2. The summed E-state index contributed by atoms with van der Waals surface area (Å²) in [7, 11) is 0. The summed E-state index contributed by atoms with van der Waals surface area (Å²) in [6.07, 6.45) is 0. The van der Waals surface area contributed by atoms with Crippen LogP contribution in [0.2, 0.25) is 0 Å². The summed E-state index contributed by atoms with van der Waals surface area (Å²) >= 11 is 3.37. The van der Waals surface area contributed by atoms with E-state index in [2.05, 4.69) is 21.2 Å². The summed E-state index contributed by atoms with van der Waals surface area (Å²) in [5.41, 5.74) is 7.43. The van der Waals surface area contributed by atoms with E-state index in [0.29, 0.717) is 11.3 Å². The van der Waals surface area contributed by atoms with Crippen molar-refractivity contribution in [3.05, 3.63) is 57.8 Å². The molecule has 0 saturated heterocycles. The Morgan fingerprint density at radius 3 is 2.63 bits per heavy atom. The average Bonchev–Trinajstić information content (AvgIpc) is 2.36. The first-order valence-corrected chi connectivity index (χ1v) is 6.39. The number of hydrogen-bond donors (Lipinski definition) is 2. The molecule has 19 heavy (non-hydrogen) atoms. The van der Waals surface area contributed by atoms with Gasteiger partial charge < -0.3 is 11.1 Å². The van der Waals surface area contributed by atoms with E-state index in [1.54, 1.807) is 6.07 Å². The molecule has 3 nitrogen and oxygen atoms in total. The predicted molar refractivity (Wildman–Crippen MR) is 77.6 cm³/mol. The molecule has 0 aliphatic rings. The Morgan fingerprint density at radius 1 is 1.26 bits per heavy atom. The number of halogens is 2. The minimum absolute atomic E-state index is 0.0457. The molecule has 0 saturated carbocycles. The first kappa shape index (κ1) is 13.5. The van der Waals surface area contributed by atoms with Crippen LogP contribution in [0.5, 0.6) is 0 Å². The van der Waals surface area contributed by atoms with Crippen LogP contribution in [0, 0.1) is 12.7 Å². The molecule has 0 unspecified atom stereocenters. The summed E-state index contributed by atoms with van der Waals surface area (Å²) in [6, 6.07) is 9.46. The molecule has 0 aromatic heterocycles. The van der Waals surface area contributed by atoms with Gasteiger partial charge in [0.15, 0.2) is 0 Å². The number of amides is 1. The van der Waals surface area contributed by atoms with Gasteiger partial charge in [0.2, 0.25) is 0 Å². The Kier molecular flexibility index (Phi) is 3.85. The third-order valence-corrected chi connectivity index (χ3v) is 3.29. The molecule has 0 aliphatic carbocycles. The molecule has 0 fully saturated rings. The van der Waals surface area contributed by atoms with Crippen molar-refractivity contribution in [3.63, 3.8) is 0 Å². The molecule has 2 aromatic carbocycles. The van der Waals surface area contributed by atoms with Crippen LogP contribution < -0.4 is 11.1 Å². The van der Waals surface area contributed by atoms with E-state index >= 15 is 0 Å². The quantitative estimate of drug-likeness (QED) is 0.828. The smallest absolute Gasteiger partial charge is 0.255 e. The fourth-order valence-electron chi connectivity index (χ4n) is 1.60. The van der Waals surface area contributed by atoms with Gasteiger partial charge in [-0.15, -0.1) is 0 Å². The van der Waals surface area contributed by atoms with Gasteiger partial charge in [-0.25, -0.2) is 4.39 Å². The number of nitrogens with one attached hydrogen (secondary N) is 1. The van der Waals surface area contributed by atoms with E-state index in [-0.39, 0.29) is 11.6 Å². The van der Waals surface area contributed by atoms with Crippen LogP contribution in [-0.4, -0.2) is 5.91 Å². The third kappa shape index (κ3) is 3.12. The number of nitrogens with two attached hydrogens (primary N) is 1. The predicted octanol–water partition coefficient (Wildman–Crippen LogP) is 3.73. The van der Waals surface area contributed by atoms with E-state index in [4.69, 9.17) is 5.73 Å². The second-order valence-corrected chi connectivity index (χ2v) is 5.03. The molecule has 0 heterocycles. The standard InChI is InChI=1S/C14H12BrFN2O/c1-8-2-5-13(10(15)6-8)18-14(19)9-3-4-11(16)12(17)7-9/h2-7H,17H2,1H3,(H,18,19). The van der Waals surface area contributed by atoms with E-state index in [9.17, 15) is 9.18 Å². The number of hydrogen-bond acceptors (Lipinski definition) is 2. The van der Waals surface area contributed by atoms with Gasteiger partial charge in [-0.2, -0.15) is 0 Å². The molecule has 5 heteroatoms. The van der Waals surface area contributed by atoms with E-state index in [1.807, 2.05) is 19.1 Å². The van der Waals surface area contributed by atoms with Crippen LogP contribution in [0.15, 0.2) is 40.9 Å². The van der Waals surface area contributed by atoms with Gasteiger partial charge in [0, 0.05) is 10.0 Å². The van der Waals surface area contributed by atoms with Crippen LogP contribution in [0.4, 0.5) is 15.8 Å². The SMILES string of the molecule is Cc1ccc(NC(=O)c2ccc(F)c(N)c2)c(Br)c1. The van der Waals surface area contributed by atoms with Crippen LogP contribution in [0.1, 0.15) is 15.9 Å². The molecule has 3 N–H and O–H groups in total. The van der Waals surface area contributed by atoms with Gasteiger partial charge in [-0.3, -0.25) is 4.79 Å². The topological polar surface area (TPSA) is 55.1 Å². The molecule has 0 spiro atoms. The lowest BCUT2D eigenvalue weighted by molar-refractivity contribution is 0.102. The Hall–Kier alpha value is -1.88. The van der Waals surface area contributed by atoms with Gasteiger partial charge in [0.1, 0.15) is 5.82 Å². The number of benzene rings is 2. The van der Waals surface area contributed by atoms with E-state index in [0.717, 1.165) is 10.0 Å². The Bertz CT molecular complexity index is 643. The molecule has 0 aliphatic heterocycles. The van der Waals surface area contributed by atoms with Crippen molar-refractivity contribution in [2.24, 2.45) is 0 Å². The number of aryl methyl sites for hydroxylation is 1. The number of nitrogen functional groups attached to an aromatic ring is 1. The third-order valence-electron chi connectivity index (χ3n) is 2.63. The lowest BCUT2D eigenvalue weighted by atomic mass is 10.1. The monoisotopic (exact) mass is 322 g/mol. The number of carbonyl (C=O) groups is 1. The highest BCUT2D eigenvalue weighted by Crippen LogP contribution is 2.24. The fraction of sp³-hybridized carbons (Fsp3) is 0.0714. The van der Waals surface area contributed by atoms with Crippen molar-refractivity contribution in [1.82, 2.24) is 0 Å². The second kappa shape index (κ2) is 5.40. The highest BCUT2D eigenvalue weighted by atomic mass is 79.9. The van der Waals surface area contributed by atoms with Crippen molar-refractivity contribution in [1.29, 1.82) is 0 Å². The molecule has 0 atom stereocenters. The molecular formula is C14H12BrFN2O. The van der Waals surface area contributed by atoms with Gasteiger partial charge in [0.05, 0.1) is 11.4 Å². The van der Waals surface area contributed by atoms with Gasteiger partial charge in [0.25, 0.3) is 5.91 Å². The zero-order chi connectivity index (χ0) is 14.0. The molecule has 2 aromatic rings. The summed E-state index contributed by atoms with van der Waals surface area (Å²) in [6.45, 7) is 1.96. The summed E-state index contributed by atoms with van der Waals surface area (Å²) in [4.78, 5) is 12.0. The van der Waals surface area contributed by atoms with Crippen LogP contribution in [0.25, 0.3) is 0 Å². The van der Waals surface area contributed by atoms with Crippen LogP contribution in [0.3, 0.4) is 0 Å². The number of carbonyl (C=O) groups excluding carboxylic acids is 1. The molecule has 98 valence electrons. The molecule has 0 radical (unpaired) electrons. The highest BCUT2D eigenvalue weighted by Gasteiger charge is 2.10. The van der Waals surface area contributed by atoms with Crippen molar-refractivity contribution in [2.75, 3.05) is 11.1 Å². The molecular weight excluding hydrogens is 311 g/mol. The van der Waals surface area contributed by atoms with Crippen LogP contribution in [-0.2, 0) is 0 Å². The zero-order valence-corrected chi connectivity index (χ0v) is 11.8. The van der Waals surface area contributed by atoms with Crippen molar-refractivity contribution < 1.29 is 9.18 Å². The second-order valence-electron chi connectivity index (χ2n) is 4.17. The Labute approximate surface area is 118 Å². The molecule has 0 bridgehead atoms.